The van der Waals surface area contributed by atoms with Gasteiger partial charge in [-0.3, -0.25) is 14.9 Å². The summed E-state index contributed by atoms with van der Waals surface area (Å²) in [7, 11) is 0. The predicted octanol–water partition coefficient (Wildman–Crippen LogP) is 1.81. The van der Waals surface area contributed by atoms with Gasteiger partial charge in [-0.1, -0.05) is 29.8 Å². The summed E-state index contributed by atoms with van der Waals surface area (Å²) in [5.74, 6) is -0.645. The van der Waals surface area contributed by atoms with Crippen molar-refractivity contribution in [2.75, 3.05) is 11.9 Å². The second kappa shape index (κ2) is 6.81. The highest BCUT2D eigenvalue weighted by Crippen LogP contribution is 2.09. The number of anilines is 1. The number of amides is 2. The maximum Gasteiger partial charge on any atom is 0.251 e. The summed E-state index contributed by atoms with van der Waals surface area (Å²) in [5, 5.41) is 5.22. The smallest absolute Gasteiger partial charge is 0.251 e. The van der Waals surface area contributed by atoms with E-state index in [-0.39, 0.29) is 23.6 Å². The summed E-state index contributed by atoms with van der Waals surface area (Å²) in [5.41, 5.74) is 1.12. The molecule has 2 rings (SSSR count). The standard InChI is InChI=1S/C14H13ClN4O2/c1-9-7-11(15)18-14(17-9)19-12(20)8-16-13(21)10-5-3-2-4-6-10/h2-7H,8H2,1H3,(H,16,21)(H,17,18,19,20). The van der Waals surface area contributed by atoms with E-state index >= 15 is 0 Å². The third-order valence-electron chi connectivity index (χ3n) is 2.52. The Kier molecular flexibility index (Phi) is 4.84. The van der Waals surface area contributed by atoms with E-state index in [0.29, 0.717) is 11.3 Å². The summed E-state index contributed by atoms with van der Waals surface area (Å²) in [6.45, 7) is 1.56. The first-order valence-electron chi connectivity index (χ1n) is 6.19. The Morgan fingerprint density at radius 1 is 1.19 bits per heavy atom. The van der Waals surface area contributed by atoms with Gasteiger partial charge in [-0.2, -0.15) is 0 Å². The molecule has 108 valence electrons. The largest absolute Gasteiger partial charge is 0.343 e. The summed E-state index contributed by atoms with van der Waals surface area (Å²) >= 11 is 5.77. The lowest BCUT2D eigenvalue weighted by Gasteiger charge is -2.06. The van der Waals surface area contributed by atoms with Crippen LogP contribution in [-0.4, -0.2) is 28.3 Å². The van der Waals surface area contributed by atoms with Gasteiger partial charge in [0.25, 0.3) is 5.91 Å². The molecule has 6 nitrogen and oxygen atoms in total. The average molecular weight is 305 g/mol. The lowest BCUT2D eigenvalue weighted by molar-refractivity contribution is -0.115. The first-order valence-corrected chi connectivity index (χ1v) is 6.56. The Morgan fingerprint density at radius 3 is 2.57 bits per heavy atom. The first kappa shape index (κ1) is 14.9. The molecule has 0 saturated heterocycles. The molecule has 0 atom stereocenters. The molecular weight excluding hydrogens is 292 g/mol. The molecule has 1 aromatic carbocycles. The molecular formula is C14H13ClN4O2. The van der Waals surface area contributed by atoms with E-state index in [4.69, 9.17) is 11.6 Å². The number of carbonyl (C=O) groups is 2. The van der Waals surface area contributed by atoms with Gasteiger partial charge in [-0.25, -0.2) is 9.97 Å². The van der Waals surface area contributed by atoms with Crippen molar-refractivity contribution >= 4 is 29.4 Å². The minimum absolute atomic E-state index is 0.110. The minimum Gasteiger partial charge on any atom is -0.343 e. The van der Waals surface area contributed by atoms with Crippen LogP contribution in [0.15, 0.2) is 36.4 Å². The maximum atomic E-state index is 11.8. The van der Waals surface area contributed by atoms with E-state index in [0.717, 1.165) is 0 Å². The van der Waals surface area contributed by atoms with Crippen LogP contribution in [0.3, 0.4) is 0 Å². The van der Waals surface area contributed by atoms with Crippen molar-refractivity contribution in [3.05, 3.63) is 52.8 Å². The van der Waals surface area contributed by atoms with Gasteiger partial charge >= 0.3 is 0 Å². The van der Waals surface area contributed by atoms with E-state index in [1.54, 1.807) is 37.3 Å². The second-order valence-corrected chi connectivity index (χ2v) is 4.64. The molecule has 0 unspecified atom stereocenters. The fourth-order valence-electron chi connectivity index (χ4n) is 1.61. The van der Waals surface area contributed by atoms with Crippen LogP contribution in [0.1, 0.15) is 16.1 Å². The van der Waals surface area contributed by atoms with Crippen molar-refractivity contribution in [3.63, 3.8) is 0 Å². The van der Waals surface area contributed by atoms with Gasteiger partial charge in [-0.15, -0.1) is 0 Å². The third kappa shape index (κ3) is 4.54. The van der Waals surface area contributed by atoms with Crippen LogP contribution in [-0.2, 0) is 4.79 Å². The van der Waals surface area contributed by atoms with E-state index < -0.39 is 5.91 Å². The van der Waals surface area contributed by atoms with E-state index in [1.807, 2.05) is 6.07 Å². The number of hydrogen-bond donors (Lipinski definition) is 2. The zero-order valence-corrected chi connectivity index (χ0v) is 12.0. The second-order valence-electron chi connectivity index (χ2n) is 4.25. The van der Waals surface area contributed by atoms with Gasteiger partial charge in [0.15, 0.2) is 0 Å². The zero-order chi connectivity index (χ0) is 15.2. The van der Waals surface area contributed by atoms with Crippen molar-refractivity contribution in [2.24, 2.45) is 0 Å². The van der Waals surface area contributed by atoms with Gasteiger partial charge in [0.1, 0.15) is 5.15 Å². The molecule has 0 aliphatic rings. The lowest BCUT2D eigenvalue weighted by Crippen LogP contribution is -2.33. The topological polar surface area (TPSA) is 84.0 Å². The number of aryl methyl sites for hydroxylation is 1. The van der Waals surface area contributed by atoms with Crippen molar-refractivity contribution in [1.82, 2.24) is 15.3 Å². The molecule has 0 aliphatic heterocycles. The molecule has 0 saturated carbocycles. The third-order valence-corrected chi connectivity index (χ3v) is 2.71. The molecule has 21 heavy (non-hydrogen) atoms. The molecule has 0 fully saturated rings. The van der Waals surface area contributed by atoms with Gasteiger partial charge in [0.05, 0.1) is 6.54 Å². The van der Waals surface area contributed by atoms with Crippen LogP contribution in [0.25, 0.3) is 0 Å². The molecule has 0 radical (unpaired) electrons. The van der Waals surface area contributed by atoms with Gasteiger partial charge in [0.2, 0.25) is 11.9 Å². The van der Waals surface area contributed by atoms with Crippen molar-refractivity contribution in [2.45, 2.75) is 6.92 Å². The monoisotopic (exact) mass is 304 g/mol. The molecule has 1 heterocycles. The van der Waals surface area contributed by atoms with Gasteiger partial charge < -0.3 is 5.32 Å². The van der Waals surface area contributed by atoms with Gasteiger partial charge in [0, 0.05) is 11.3 Å². The molecule has 0 aliphatic carbocycles. The van der Waals surface area contributed by atoms with Crippen LogP contribution < -0.4 is 10.6 Å². The zero-order valence-electron chi connectivity index (χ0n) is 11.3. The maximum absolute atomic E-state index is 11.8. The van der Waals surface area contributed by atoms with Gasteiger partial charge in [-0.05, 0) is 25.1 Å². The van der Waals surface area contributed by atoms with E-state index in [9.17, 15) is 9.59 Å². The Morgan fingerprint density at radius 2 is 1.90 bits per heavy atom. The SMILES string of the molecule is Cc1cc(Cl)nc(NC(=O)CNC(=O)c2ccccc2)n1. The number of carbonyl (C=O) groups excluding carboxylic acids is 2. The summed E-state index contributed by atoms with van der Waals surface area (Å²) < 4.78 is 0. The average Bonchev–Trinajstić information content (AvgIpc) is 2.44. The molecule has 2 N–H and O–H groups in total. The number of benzene rings is 1. The highest BCUT2D eigenvalue weighted by molar-refractivity contribution is 6.29. The van der Waals surface area contributed by atoms with Crippen LogP contribution in [0.2, 0.25) is 5.15 Å². The van der Waals surface area contributed by atoms with Crippen LogP contribution in [0.5, 0.6) is 0 Å². The van der Waals surface area contributed by atoms with E-state index in [2.05, 4.69) is 20.6 Å². The molecule has 0 bridgehead atoms. The summed E-state index contributed by atoms with van der Waals surface area (Å²) in [6.07, 6.45) is 0. The lowest BCUT2D eigenvalue weighted by atomic mass is 10.2. The molecule has 2 amide bonds. The molecule has 1 aromatic heterocycles. The van der Waals surface area contributed by atoms with Crippen molar-refractivity contribution in [1.29, 1.82) is 0 Å². The first-order chi connectivity index (χ1) is 10.0. The number of hydrogen-bond acceptors (Lipinski definition) is 4. The molecule has 7 heteroatoms. The number of nitrogens with one attached hydrogen (secondary N) is 2. The van der Waals surface area contributed by atoms with Crippen LogP contribution in [0, 0.1) is 6.92 Å². The number of rotatable bonds is 4. The Hall–Kier alpha value is -2.47. The van der Waals surface area contributed by atoms with Crippen molar-refractivity contribution in [3.8, 4) is 0 Å². The van der Waals surface area contributed by atoms with Crippen LogP contribution in [0.4, 0.5) is 5.95 Å². The molecule has 0 spiro atoms. The minimum atomic E-state index is -0.430. The number of aromatic nitrogens is 2. The van der Waals surface area contributed by atoms with E-state index in [1.165, 1.54) is 0 Å². The molecule has 2 aromatic rings. The number of halogens is 1. The summed E-state index contributed by atoms with van der Waals surface area (Å²) in [4.78, 5) is 31.4. The highest BCUT2D eigenvalue weighted by Gasteiger charge is 2.09. The Balaban J connectivity index is 1.89. The normalized spacial score (nSPS) is 10.0. The summed E-state index contributed by atoms with van der Waals surface area (Å²) in [6, 6.07) is 10.2. The predicted molar refractivity (Wildman–Crippen MR) is 79.2 cm³/mol. The highest BCUT2D eigenvalue weighted by atomic mass is 35.5. The quantitative estimate of drug-likeness (QED) is 0.844. The number of nitrogens with zero attached hydrogens (tertiary/aromatic N) is 2. The fourth-order valence-corrected chi connectivity index (χ4v) is 1.85. The van der Waals surface area contributed by atoms with Crippen LogP contribution >= 0.6 is 11.6 Å². The Labute approximate surface area is 126 Å². The van der Waals surface area contributed by atoms with Crippen molar-refractivity contribution < 1.29 is 9.59 Å². The fraction of sp³-hybridized carbons (Fsp3) is 0.143. The Bertz CT molecular complexity index is 641.